The zero-order valence-corrected chi connectivity index (χ0v) is 18.7. The average Bonchev–Trinajstić information content (AvgIpc) is 3.42. The summed E-state index contributed by atoms with van der Waals surface area (Å²) >= 11 is 1.19. The molecule has 1 N–H and O–H groups in total. The maximum atomic E-state index is 12.8. The fourth-order valence-corrected chi connectivity index (χ4v) is 5.91. The molecule has 0 bridgehead atoms. The van der Waals surface area contributed by atoms with Crippen LogP contribution in [0.1, 0.15) is 43.1 Å². The van der Waals surface area contributed by atoms with Crippen molar-refractivity contribution in [3.8, 4) is 0 Å². The summed E-state index contributed by atoms with van der Waals surface area (Å²) in [4.78, 5) is 29.1. The van der Waals surface area contributed by atoms with Crippen molar-refractivity contribution in [3.05, 3.63) is 46.4 Å². The summed E-state index contributed by atoms with van der Waals surface area (Å²) in [5.74, 6) is -0.478. The first-order chi connectivity index (χ1) is 14.9. The van der Waals surface area contributed by atoms with E-state index in [1.807, 2.05) is 6.92 Å². The monoisotopic (exact) mass is 461 g/mol. The number of aryl methyl sites for hydroxylation is 1. The van der Waals surface area contributed by atoms with Crippen LogP contribution in [0.2, 0.25) is 0 Å². The third-order valence-electron chi connectivity index (χ3n) is 5.11. The van der Waals surface area contributed by atoms with E-state index in [0.717, 1.165) is 25.7 Å². The van der Waals surface area contributed by atoms with Crippen LogP contribution in [-0.2, 0) is 16.6 Å². The van der Waals surface area contributed by atoms with Crippen LogP contribution >= 0.6 is 11.3 Å². The minimum atomic E-state index is -3.52. The van der Waals surface area contributed by atoms with Crippen LogP contribution in [0.25, 0.3) is 10.2 Å². The van der Waals surface area contributed by atoms with Gasteiger partial charge in [-0.15, -0.1) is 0 Å². The zero-order chi connectivity index (χ0) is 22.0. The highest BCUT2D eigenvalue weighted by Crippen LogP contribution is 2.30. The van der Waals surface area contributed by atoms with Gasteiger partial charge in [0, 0.05) is 25.7 Å². The summed E-state index contributed by atoms with van der Waals surface area (Å²) in [6.45, 7) is 3.54. The van der Waals surface area contributed by atoms with Crippen molar-refractivity contribution in [2.75, 3.05) is 18.4 Å². The molecule has 0 saturated carbocycles. The van der Waals surface area contributed by atoms with E-state index in [1.165, 1.54) is 32.5 Å². The first-order valence-electron chi connectivity index (χ1n) is 10.2. The lowest BCUT2D eigenvalue weighted by Crippen LogP contribution is -2.27. The molecule has 1 aliphatic heterocycles. The third kappa shape index (κ3) is 4.53. The zero-order valence-electron chi connectivity index (χ0n) is 17.1. The quantitative estimate of drug-likeness (QED) is 0.579. The topological polar surface area (TPSA) is 114 Å². The maximum absolute atomic E-state index is 12.8. The van der Waals surface area contributed by atoms with E-state index < -0.39 is 15.9 Å². The van der Waals surface area contributed by atoms with Gasteiger partial charge in [0.1, 0.15) is 5.69 Å². The standard InChI is InChI=1S/C20H23N5O4S2/c1-2-3-12-25-18(26)9-8-16(23-25)19(27)22-20-21-15-7-6-14(13-17(15)30-20)31(28,29)24-10-4-5-11-24/h6-9,13H,2-5,10-12H2,1H3,(H,21,22,27). The molecule has 4 rings (SSSR count). The molecular formula is C20H23N5O4S2. The highest BCUT2D eigenvalue weighted by molar-refractivity contribution is 7.89. The number of fused-ring (bicyclic) bond motifs is 1. The van der Waals surface area contributed by atoms with Crippen LogP contribution in [0.4, 0.5) is 5.13 Å². The third-order valence-corrected chi connectivity index (χ3v) is 7.93. The molecule has 0 unspecified atom stereocenters. The minimum Gasteiger partial charge on any atom is -0.296 e. The van der Waals surface area contributed by atoms with Crippen molar-refractivity contribution in [2.45, 2.75) is 44.0 Å². The van der Waals surface area contributed by atoms with Crippen molar-refractivity contribution >= 4 is 42.6 Å². The number of nitrogens with one attached hydrogen (secondary N) is 1. The van der Waals surface area contributed by atoms with Crippen LogP contribution in [0.5, 0.6) is 0 Å². The van der Waals surface area contributed by atoms with Gasteiger partial charge in [0.2, 0.25) is 10.0 Å². The van der Waals surface area contributed by atoms with E-state index in [0.29, 0.717) is 35.0 Å². The van der Waals surface area contributed by atoms with Crippen LogP contribution in [-0.4, -0.2) is 46.5 Å². The predicted octanol–water partition coefficient (Wildman–Crippen LogP) is 2.69. The van der Waals surface area contributed by atoms with Gasteiger partial charge in [-0.1, -0.05) is 24.7 Å². The molecule has 1 saturated heterocycles. The highest BCUT2D eigenvalue weighted by Gasteiger charge is 2.27. The van der Waals surface area contributed by atoms with Gasteiger partial charge < -0.3 is 0 Å². The number of thiazole rings is 1. The Morgan fingerprint density at radius 1 is 1.19 bits per heavy atom. The van der Waals surface area contributed by atoms with Gasteiger partial charge >= 0.3 is 0 Å². The number of carbonyl (C=O) groups excluding carboxylic acids is 1. The number of benzene rings is 1. The Hall–Kier alpha value is -2.63. The molecule has 11 heteroatoms. The number of unbranched alkanes of at least 4 members (excludes halogenated alkanes) is 1. The Morgan fingerprint density at radius 3 is 2.71 bits per heavy atom. The van der Waals surface area contributed by atoms with E-state index in [2.05, 4.69) is 15.4 Å². The molecule has 0 aliphatic carbocycles. The summed E-state index contributed by atoms with van der Waals surface area (Å²) in [7, 11) is -3.52. The summed E-state index contributed by atoms with van der Waals surface area (Å²) < 4.78 is 29.0. The molecule has 1 aliphatic rings. The van der Waals surface area contributed by atoms with Gasteiger partial charge in [0.25, 0.3) is 11.5 Å². The van der Waals surface area contributed by atoms with Crippen LogP contribution in [0.15, 0.2) is 40.0 Å². The number of amides is 1. The number of nitrogens with zero attached hydrogens (tertiary/aromatic N) is 4. The lowest BCUT2D eigenvalue weighted by Gasteiger charge is -2.15. The molecule has 2 aromatic heterocycles. The largest absolute Gasteiger partial charge is 0.296 e. The number of hydrogen-bond donors (Lipinski definition) is 1. The second kappa shape index (κ2) is 8.85. The lowest BCUT2D eigenvalue weighted by atomic mass is 10.3. The van der Waals surface area contributed by atoms with Gasteiger partial charge in [-0.05, 0) is 43.5 Å². The van der Waals surface area contributed by atoms with Crippen molar-refractivity contribution in [3.63, 3.8) is 0 Å². The van der Waals surface area contributed by atoms with Gasteiger partial charge in [0.15, 0.2) is 5.13 Å². The molecule has 1 fully saturated rings. The molecule has 31 heavy (non-hydrogen) atoms. The number of anilines is 1. The van der Waals surface area contributed by atoms with E-state index in [-0.39, 0.29) is 16.1 Å². The van der Waals surface area contributed by atoms with Crippen LogP contribution < -0.4 is 10.9 Å². The number of aromatic nitrogens is 3. The molecular weight excluding hydrogens is 438 g/mol. The molecule has 3 heterocycles. The van der Waals surface area contributed by atoms with Gasteiger partial charge in [-0.3, -0.25) is 14.9 Å². The predicted molar refractivity (Wildman–Crippen MR) is 119 cm³/mol. The van der Waals surface area contributed by atoms with E-state index in [1.54, 1.807) is 18.2 Å². The van der Waals surface area contributed by atoms with Crippen molar-refractivity contribution in [2.24, 2.45) is 0 Å². The second-order valence-electron chi connectivity index (χ2n) is 7.35. The lowest BCUT2D eigenvalue weighted by molar-refractivity contribution is 0.101. The summed E-state index contributed by atoms with van der Waals surface area (Å²) in [6.07, 6.45) is 3.44. The van der Waals surface area contributed by atoms with E-state index in [9.17, 15) is 18.0 Å². The SMILES string of the molecule is CCCCn1nc(C(=O)Nc2nc3ccc(S(=O)(=O)N4CCCC4)cc3s2)ccc1=O. The molecule has 9 nitrogen and oxygen atoms in total. The second-order valence-corrected chi connectivity index (χ2v) is 10.3. The normalized spacial score (nSPS) is 14.9. The molecule has 164 valence electrons. The van der Waals surface area contributed by atoms with E-state index in [4.69, 9.17) is 0 Å². The first-order valence-corrected chi connectivity index (χ1v) is 12.4. The summed E-state index contributed by atoms with van der Waals surface area (Å²) in [5.41, 5.74) is 0.463. The number of carbonyl (C=O) groups is 1. The Balaban J connectivity index is 1.55. The highest BCUT2D eigenvalue weighted by atomic mass is 32.2. The Morgan fingerprint density at radius 2 is 1.97 bits per heavy atom. The fourth-order valence-electron chi connectivity index (χ4n) is 3.40. The van der Waals surface area contributed by atoms with Gasteiger partial charge in [-0.2, -0.15) is 9.40 Å². The van der Waals surface area contributed by atoms with E-state index >= 15 is 0 Å². The van der Waals surface area contributed by atoms with Crippen molar-refractivity contribution in [1.29, 1.82) is 0 Å². The van der Waals surface area contributed by atoms with Crippen molar-refractivity contribution < 1.29 is 13.2 Å². The van der Waals surface area contributed by atoms with Crippen molar-refractivity contribution in [1.82, 2.24) is 19.1 Å². The number of hydrogen-bond acceptors (Lipinski definition) is 7. The minimum absolute atomic E-state index is 0.118. The summed E-state index contributed by atoms with van der Waals surface area (Å²) in [5, 5.41) is 7.17. The Bertz CT molecular complexity index is 1280. The molecule has 3 aromatic rings. The summed E-state index contributed by atoms with van der Waals surface area (Å²) in [6, 6.07) is 7.50. The number of sulfonamides is 1. The molecule has 0 radical (unpaired) electrons. The molecule has 1 amide bonds. The molecule has 0 spiro atoms. The molecule has 0 atom stereocenters. The van der Waals surface area contributed by atoms with Crippen LogP contribution in [0.3, 0.4) is 0 Å². The molecule has 1 aromatic carbocycles. The van der Waals surface area contributed by atoms with Gasteiger partial charge in [-0.25, -0.2) is 18.1 Å². The first kappa shape index (κ1) is 21.6. The Kier molecular flexibility index (Phi) is 6.17. The van der Waals surface area contributed by atoms with Crippen LogP contribution in [0, 0.1) is 0 Å². The maximum Gasteiger partial charge on any atom is 0.277 e. The Labute approximate surface area is 183 Å². The average molecular weight is 462 g/mol. The fraction of sp³-hybridized carbons (Fsp3) is 0.400. The van der Waals surface area contributed by atoms with Gasteiger partial charge in [0.05, 0.1) is 15.1 Å². The number of rotatable bonds is 7. The smallest absolute Gasteiger partial charge is 0.277 e.